The van der Waals surface area contributed by atoms with Gasteiger partial charge in [-0.3, -0.25) is 5.41 Å². The minimum Gasteiger partial charge on any atom is -0.386 e. The van der Waals surface area contributed by atoms with Gasteiger partial charge in [0, 0.05) is 6.04 Å². The largest absolute Gasteiger partial charge is 0.386 e. The van der Waals surface area contributed by atoms with Crippen LogP contribution in [0.3, 0.4) is 0 Å². The number of carbonyl (C=O) groups excluding carboxylic acids is 1. The van der Waals surface area contributed by atoms with Gasteiger partial charge in [0.1, 0.15) is 5.84 Å². The van der Waals surface area contributed by atoms with Crippen LogP contribution in [0.25, 0.3) is 0 Å². The second-order valence-corrected chi connectivity index (χ2v) is 3.91. The Kier molecular flexibility index (Phi) is 2.45. The van der Waals surface area contributed by atoms with E-state index in [2.05, 4.69) is 10.6 Å². The number of urea groups is 1. The number of amidine groups is 1. The molecule has 2 amide bonds. The molecule has 5 heteroatoms. The molecule has 0 aromatic heterocycles. The Bertz CT molecular complexity index is 232. The second-order valence-electron chi connectivity index (χ2n) is 3.91. The van der Waals surface area contributed by atoms with Crippen LogP contribution in [-0.2, 0) is 0 Å². The summed E-state index contributed by atoms with van der Waals surface area (Å²) in [7, 11) is 0. The van der Waals surface area contributed by atoms with E-state index in [1.807, 2.05) is 0 Å². The van der Waals surface area contributed by atoms with E-state index in [1.165, 1.54) is 0 Å². The Morgan fingerprint density at radius 1 is 1.54 bits per heavy atom. The van der Waals surface area contributed by atoms with Gasteiger partial charge in [0.25, 0.3) is 0 Å². The van der Waals surface area contributed by atoms with Crippen molar-refractivity contribution in [2.75, 3.05) is 0 Å². The smallest absolute Gasteiger partial charge is 0.315 e. The van der Waals surface area contributed by atoms with E-state index in [4.69, 9.17) is 11.1 Å². The summed E-state index contributed by atoms with van der Waals surface area (Å²) >= 11 is 0. The van der Waals surface area contributed by atoms with E-state index in [-0.39, 0.29) is 11.9 Å². The molecule has 1 saturated carbocycles. The number of amides is 2. The lowest BCUT2D eigenvalue weighted by Gasteiger charge is -2.24. The van der Waals surface area contributed by atoms with Crippen molar-refractivity contribution < 1.29 is 4.79 Å². The number of hydrogen-bond donors (Lipinski definition) is 4. The lowest BCUT2D eigenvalue weighted by molar-refractivity contribution is 0.235. The third-order valence-electron chi connectivity index (χ3n) is 2.01. The van der Waals surface area contributed by atoms with Crippen LogP contribution in [0.1, 0.15) is 26.7 Å². The maximum absolute atomic E-state index is 11.2. The summed E-state index contributed by atoms with van der Waals surface area (Å²) in [6.07, 6.45) is 2.10. The molecule has 0 saturated heterocycles. The summed E-state index contributed by atoms with van der Waals surface area (Å²) in [5.74, 6) is -0.0431. The third-order valence-corrected chi connectivity index (χ3v) is 2.01. The highest BCUT2D eigenvalue weighted by atomic mass is 16.2. The maximum atomic E-state index is 11.2. The van der Waals surface area contributed by atoms with Crippen molar-refractivity contribution in [2.45, 2.75) is 38.3 Å². The van der Waals surface area contributed by atoms with Gasteiger partial charge >= 0.3 is 6.03 Å². The van der Waals surface area contributed by atoms with Gasteiger partial charge < -0.3 is 16.4 Å². The molecule has 5 N–H and O–H groups in total. The number of hydrogen-bond acceptors (Lipinski definition) is 2. The first-order chi connectivity index (χ1) is 5.92. The molecule has 5 nitrogen and oxygen atoms in total. The zero-order chi connectivity index (χ0) is 10.1. The average Bonchev–Trinajstić information content (AvgIpc) is 2.69. The molecule has 1 rings (SSSR count). The quantitative estimate of drug-likeness (QED) is 0.372. The van der Waals surface area contributed by atoms with Crippen LogP contribution in [0.4, 0.5) is 4.79 Å². The van der Waals surface area contributed by atoms with Crippen molar-refractivity contribution in [3.63, 3.8) is 0 Å². The highest BCUT2D eigenvalue weighted by Gasteiger charge is 2.28. The fourth-order valence-corrected chi connectivity index (χ4v) is 0.800. The monoisotopic (exact) mass is 184 g/mol. The van der Waals surface area contributed by atoms with Gasteiger partial charge in [0.15, 0.2) is 0 Å². The van der Waals surface area contributed by atoms with Gasteiger partial charge in [0.05, 0.1) is 5.54 Å². The number of carbonyl (C=O) groups is 1. The Balaban J connectivity index is 2.36. The third kappa shape index (κ3) is 2.93. The fraction of sp³-hybridized carbons (Fsp3) is 0.750. The minimum atomic E-state index is -0.765. The summed E-state index contributed by atoms with van der Waals surface area (Å²) in [5.41, 5.74) is 4.54. The van der Waals surface area contributed by atoms with E-state index in [1.54, 1.807) is 13.8 Å². The zero-order valence-corrected chi connectivity index (χ0v) is 7.98. The van der Waals surface area contributed by atoms with Crippen LogP contribution in [0.15, 0.2) is 0 Å². The predicted molar refractivity (Wildman–Crippen MR) is 50.7 cm³/mol. The van der Waals surface area contributed by atoms with Crippen LogP contribution in [0.5, 0.6) is 0 Å². The van der Waals surface area contributed by atoms with Crippen molar-refractivity contribution in [2.24, 2.45) is 5.73 Å². The molecule has 0 bridgehead atoms. The van der Waals surface area contributed by atoms with E-state index in [9.17, 15) is 4.79 Å². The number of rotatable bonds is 3. The van der Waals surface area contributed by atoms with Crippen molar-refractivity contribution in [1.82, 2.24) is 10.6 Å². The molecule has 0 spiro atoms. The summed E-state index contributed by atoms with van der Waals surface area (Å²) in [4.78, 5) is 11.2. The molecule has 1 fully saturated rings. The van der Waals surface area contributed by atoms with Gasteiger partial charge in [-0.05, 0) is 26.7 Å². The highest BCUT2D eigenvalue weighted by Crippen LogP contribution is 2.18. The van der Waals surface area contributed by atoms with Gasteiger partial charge in [-0.1, -0.05) is 0 Å². The van der Waals surface area contributed by atoms with Crippen LogP contribution in [0.2, 0.25) is 0 Å². The van der Waals surface area contributed by atoms with Crippen molar-refractivity contribution in [3.05, 3.63) is 0 Å². The predicted octanol–water partition coefficient (Wildman–Crippen LogP) is 0.163. The lowest BCUT2D eigenvalue weighted by Crippen LogP contribution is -2.55. The van der Waals surface area contributed by atoms with Crippen molar-refractivity contribution >= 4 is 11.9 Å². The van der Waals surface area contributed by atoms with Crippen LogP contribution < -0.4 is 16.4 Å². The Hall–Kier alpha value is -1.26. The molecule has 74 valence electrons. The van der Waals surface area contributed by atoms with E-state index in [0.29, 0.717) is 6.04 Å². The molecule has 0 radical (unpaired) electrons. The van der Waals surface area contributed by atoms with E-state index < -0.39 is 5.54 Å². The molecule has 1 aliphatic carbocycles. The fourth-order valence-electron chi connectivity index (χ4n) is 0.800. The van der Waals surface area contributed by atoms with Crippen LogP contribution >= 0.6 is 0 Å². The van der Waals surface area contributed by atoms with Gasteiger partial charge in [0.2, 0.25) is 0 Å². The molecule has 0 aliphatic heterocycles. The molecule has 0 heterocycles. The molecular formula is C8H16N4O. The molecule has 13 heavy (non-hydrogen) atoms. The molecule has 0 atom stereocenters. The molecule has 0 unspecified atom stereocenters. The SMILES string of the molecule is CC(C)(NC(=O)NC1CC1)C(=N)N. The molecule has 1 aliphatic rings. The van der Waals surface area contributed by atoms with Crippen molar-refractivity contribution in [3.8, 4) is 0 Å². The second kappa shape index (κ2) is 3.24. The molecular weight excluding hydrogens is 168 g/mol. The lowest BCUT2D eigenvalue weighted by atomic mass is 10.1. The standard InChI is InChI=1S/C8H16N4O/c1-8(2,6(9)10)12-7(13)11-5-3-4-5/h5H,3-4H2,1-2H3,(H3,9,10)(H2,11,12,13). The van der Waals surface area contributed by atoms with Gasteiger partial charge in [-0.2, -0.15) is 0 Å². The first kappa shape index (κ1) is 9.83. The first-order valence-corrected chi connectivity index (χ1v) is 4.35. The first-order valence-electron chi connectivity index (χ1n) is 4.35. The average molecular weight is 184 g/mol. The normalized spacial score (nSPS) is 16.5. The van der Waals surface area contributed by atoms with Crippen LogP contribution in [-0.4, -0.2) is 23.4 Å². The summed E-state index contributed by atoms with van der Waals surface area (Å²) in [5, 5.41) is 12.6. The number of nitrogens with one attached hydrogen (secondary N) is 3. The Morgan fingerprint density at radius 3 is 2.46 bits per heavy atom. The van der Waals surface area contributed by atoms with E-state index in [0.717, 1.165) is 12.8 Å². The highest BCUT2D eigenvalue weighted by molar-refractivity contribution is 5.91. The van der Waals surface area contributed by atoms with Crippen LogP contribution in [0, 0.1) is 5.41 Å². The van der Waals surface area contributed by atoms with Crippen molar-refractivity contribution in [1.29, 1.82) is 5.41 Å². The Labute approximate surface area is 77.6 Å². The van der Waals surface area contributed by atoms with Gasteiger partial charge in [-0.15, -0.1) is 0 Å². The minimum absolute atomic E-state index is 0.0431. The molecule has 0 aromatic carbocycles. The topological polar surface area (TPSA) is 91.0 Å². The summed E-state index contributed by atoms with van der Waals surface area (Å²) in [6.45, 7) is 3.39. The zero-order valence-electron chi connectivity index (χ0n) is 7.98. The summed E-state index contributed by atoms with van der Waals surface area (Å²) < 4.78 is 0. The Morgan fingerprint density at radius 2 is 2.08 bits per heavy atom. The number of nitrogens with two attached hydrogens (primary N) is 1. The molecule has 0 aromatic rings. The maximum Gasteiger partial charge on any atom is 0.315 e. The summed E-state index contributed by atoms with van der Waals surface area (Å²) in [6, 6.07) is 0.0745. The van der Waals surface area contributed by atoms with Gasteiger partial charge in [-0.25, -0.2) is 4.79 Å². The van der Waals surface area contributed by atoms with E-state index >= 15 is 0 Å².